The molecular weight excluding hydrogens is 512 g/mol. The minimum absolute atomic E-state index is 0.0920. The van der Waals surface area contributed by atoms with Crippen molar-refractivity contribution in [1.82, 2.24) is 9.88 Å². The fraction of sp³-hybridized carbons (Fsp3) is 0.105. The third kappa shape index (κ3) is 3.76. The fourth-order valence-electron chi connectivity index (χ4n) is 6.68. The standard InChI is InChI=1S/C38H30N4/c1-38(2)31-22-11-9-20-29(31)34-33(38)30-21-10-12-23-32(30)42(34)28-19-13-18-27(24-28)37-40-35(25-14-5-3-6-15-25)39-36(41-37)26-16-7-4-8-17-26/h3-24,35H,1-2H3,(H,39,40,41). The quantitative estimate of drug-likeness (QED) is 0.239. The predicted octanol–water partition coefficient (Wildman–Crippen LogP) is 8.43. The van der Waals surface area contributed by atoms with E-state index in [9.17, 15) is 0 Å². The molecule has 0 radical (unpaired) electrons. The van der Waals surface area contributed by atoms with E-state index >= 15 is 0 Å². The van der Waals surface area contributed by atoms with Crippen LogP contribution in [0.1, 0.15) is 47.8 Å². The maximum Gasteiger partial charge on any atom is 0.159 e. The summed E-state index contributed by atoms with van der Waals surface area (Å²) >= 11 is 0. The number of aromatic nitrogens is 1. The average Bonchev–Trinajstić information content (AvgIpc) is 3.52. The topological polar surface area (TPSA) is 41.7 Å². The maximum absolute atomic E-state index is 5.12. The molecule has 1 atom stereocenters. The number of fused-ring (bicyclic) bond motifs is 5. The van der Waals surface area contributed by atoms with Gasteiger partial charge in [0.1, 0.15) is 12.0 Å². The van der Waals surface area contributed by atoms with Crippen molar-refractivity contribution in [3.05, 3.63) is 161 Å². The number of hydrogen-bond acceptors (Lipinski definition) is 3. The summed E-state index contributed by atoms with van der Waals surface area (Å²) in [7, 11) is 0. The van der Waals surface area contributed by atoms with Crippen LogP contribution in [0.4, 0.5) is 0 Å². The number of rotatable bonds is 4. The van der Waals surface area contributed by atoms with Gasteiger partial charge >= 0.3 is 0 Å². The van der Waals surface area contributed by atoms with Crippen molar-refractivity contribution in [3.63, 3.8) is 0 Å². The van der Waals surface area contributed by atoms with Crippen LogP contribution in [0.25, 0.3) is 27.8 Å². The van der Waals surface area contributed by atoms with E-state index in [0.717, 1.165) is 34.0 Å². The van der Waals surface area contributed by atoms with Crippen molar-refractivity contribution in [2.24, 2.45) is 9.98 Å². The lowest BCUT2D eigenvalue weighted by molar-refractivity contribution is 0.666. The number of benzene rings is 5. The van der Waals surface area contributed by atoms with Crippen LogP contribution in [0.3, 0.4) is 0 Å². The lowest BCUT2D eigenvalue weighted by atomic mass is 9.81. The smallest absolute Gasteiger partial charge is 0.159 e. The number of para-hydroxylation sites is 1. The van der Waals surface area contributed by atoms with Gasteiger partial charge in [-0.3, -0.25) is 0 Å². The van der Waals surface area contributed by atoms with Gasteiger partial charge in [0.15, 0.2) is 5.84 Å². The summed E-state index contributed by atoms with van der Waals surface area (Å²) in [5.41, 5.74) is 10.7. The Morgan fingerprint density at radius 2 is 1.38 bits per heavy atom. The van der Waals surface area contributed by atoms with Gasteiger partial charge in [0.2, 0.25) is 0 Å². The molecule has 2 aliphatic rings. The summed E-state index contributed by atoms with van der Waals surface area (Å²) in [6, 6.07) is 46.9. The molecule has 1 unspecified atom stereocenters. The molecule has 1 aliphatic carbocycles. The number of amidine groups is 2. The molecule has 0 fully saturated rings. The molecule has 0 saturated heterocycles. The third-order valence-electron chi connectivity index (χ3n) is 8.62. The number of nitrogens with zero attached hydrogens (tertiary/aromatic N) is 3. The third-order valence-corrected chi connectivity index (χ3v) is 8.62. The molecule has 0 bridgehead atoms. The first-order chi connectivity index (χ1) is 20.6. The molecule has 5 aromatic carbocycles. The SMILES string of the molecule is CC1(C)c2ccccc2-c2c1c1ccccc1n2-c1cccc(C2=NC(c3ccccc3)NC(c3ccccc3)=N2)c1. The molecular formula is C38H30N4. The normalized spacial score (nSPS) is 16.8. The predicted molar refractivity (Wildman–Crippen MR) is 173 cm³/mol. The van der Waals surface area contributed by atoms with Gasteiger partial charge < -0.3 is 9.88 Å². The number of nitrogens with one attached hydrogen (secondary N) is 1. The van der Waals surface area contributed by atoms with Crippen molar-refractivity contribution in [1.29, 1.82) is 0 Å². The Kier molecular flexibility index (Phi) is 5.51. The molecule has 1 N–H and O–H groups in total. The molecule has 0 spiro atoms. The summed E-state index contributed by atoms with van der Waals surface area (Å²) in [5, 5.41) is 4.86. The van der Waals surface area contributed by atoms with E-state index in [1.54, 1.807) is 0 Å². The Hall–Kier alpha value is -5.22. The molecule has 1 aromatic heterocycles. The molecule has 2 heterocycles. The van der Waals surface area contributed by atoms with Gasteiger partial charge in [0.25, 0.3) is 0 Å². The highest BCUT2D eigenvalue weighted by Crippen LogP contribution is 2.53. The van der Waals surface area contributed by atoms with Crippen LogP contribution >= 0.6 is 0 Å². The van der Waals surface area contributed by atoms with E-state index < -0.39 is 0 Å². The summed E-state index contributed by atoms with van der Waals surface area (Å²) in [5.74, 6) is 1.54. The van der Waals surface area contributed by atoms with Crippen LogP contribution in [0.2, 0.25) is 0 Å². The Labute approximate surface area is 245 Å². The lowest BCUT2D eigenvalue weighted by Crippen LogP contribution is -2.33. The summed E-state index contributed by atoms with van der Waals surface area (Å²) in [4.78, 5) is 10.2. The van der Waals surface area contributed by atoms with Gasteiger partial charge in [-0.2, -0.15) is 0 Å². The first kappa shape index (κ1) is 24.6. The lowest BCUT2D eigenvalue weighted by Gasteiger charge is -2.24. The summed E-state index contributed by atoms with van der Waals surface area (Å²) in [6.07, 6.45) is -0.234. The van der Waals surface area contributed by atoms with Gasteiger partial charge in [-0.25, -0.2) is 9.98 Å². The van der Waals surface area contributed by atoms with E-state index in [4.69, 9.17) is 9.98 Å². The second kappa shape index (κ2) is 9.42. The summed E-state index contributed by atoms with van der Waals surface area (Å²) < 4.78 is 2.43. The molecule has 42 heavy (non-hydrogen) atoms. The minimum Gasteiger partial charge on any atom is -0.344 e. The van der Waals surface area contributed by atoms with E-state index in [1.807, 2.05) is 24.3 Å². The second-order valence-corrected chi connectivity index (χ2v) is 11.5. The molecule has 1 aliphatic heterocycles. The van der Waals surface area contributed by atoms with Gasteiger partial charge in [-0.1, -0.05) is 129 Å². The van der Waals surface area contributed by atoms with Crippen molar-refractivity contribution < 1.29 is 0 Å². The van der Waals surface area contributed by atoms with Crippen LogP contribution in [-0.4, -0.2) is 16.2 Å². The average molecular weight is 543 g/mol. The van der Waals surface area contributed by atoms with Gasteiger partial charge in [0, 0.05) is 33.2 Å². The van der Waals surface area contributed by atoms with Crippen molar-refractivity contribution in [3.8, 4) is 16.9 Å². The Morgan fingerprint density at radius 3 is 2.21 bits per heavy atom. The van der Waals surface area contributed by atoms with Crippen molar-refractivity contribution in [2.75, 3.05) is 0 Å². The Bertz CT molecular complexity index is 2030. The van der Waals surface area contributed by atoms with Gasteiger partial charge in [-0.15, -0.1) is 0 Å². The summed E-state index contributed by atoms with van der Waals surface area (Å²) in [6.45, 7) is 4.69. The Morgan fingerprint density at radius 1 is 0.690 bits per heavy atom. The molecule has 0 amide bonds. The van der Waals surface area contributed by atoms with Crippen LogP contribution < -0.4 is 5.32 Å². The second-order valence-electron chi connectivity index (χ2n) is 11.5. The fourth-order valence-corrected chi connectivity index (χ4v) is 6.68. The van der Waals surface area contributed by atoms with Crippen molar-refractivity contribution >= 4 is 22.6 Å². The van der Waals surface area contributed by atoms with Crippen LogP contribution in [0.5, 0.6) is 0 Å². The highest BCUT2D eigenvalue weighted by atomic mass is 15.2. The molecule has 0 saturated carbocycles. The maximum atomic E-state index is 5.12. The first-order valence-electron chi connectivity index (χ1n) is 14.5. The zero-order chi connectivity index (χ0) is 28.3. The highest BCUT2D eigenvalue weighted by molar-refractivity contribution is 6.13. The first-order valence-corrected chi connectivity index (χ1v) is 14.5. The van der Waals surface area contributed by atoms with Crippen molar-refractivity contribution in [2.45, 2.75) is 25.4 Å². The zero-order valence-electron chi connectivity index (χ0n) is 23.6. The van der Waals surface area contributed by atoms with Gasteiger partial charge in [0.05, 0.1) is 11.2 Å². The van der Waals surface area contributed by atoms with E-state index in [0.29, 0.717) is 0 Å². The van der Waals surface area contributed by atoms with E-state index in [2.05, 4.69) is 133 Å². The molecule has 202 valence electrons. The molecule has 8 rings (SSSR count). The van der Waals surface area contributed by atoms with Crippen LogP contribution in [0.15, 0.2) is 143 Å². The van der Waals surface area contributed by atoms with E-state index in [1.165, 1.54) is 33.3 Å². The minimum atomic E-state index is -0.234. The molecule has 4 heteroatoms. The van der Waals surface area contributed by atoms with Crippen LogP contribution in [0, 0.1) is 0 Å². The number of aliphatic imine (C=N–C) groups is 2. The molecule has 4 nitrogen and oxygen atoms in total. The highest BCUT2D eigenvalue weighted by Gasteiger charge is 2.40. The largest absolute Gasteiger partial charge is 0.344 e. The number of hydrogen-bond donors (Lipinski definition) is 1. The monoisotopic (exact) mass is 542 g/mol. The van der Waals surface area contributed by atoms with Gasteiger partial charge in [-0.05, 0) is 34.9 Å². The van der Waals surface area contributed by atoms with E-state index in [-0.39, 0.29) is 11.6 Å². The zero-order valence-corrected chi connectivity index (χ0v) is 23.6. The Balaban J connectivity index is 1.32. The molecule has 6 aromatic rings. The van der Waals surface area contributed by atoms with Crippen LogP contribution in [-0.2, 0) is 5.41 Å².